The molecule has 2 fully saturated rings. The van der Waals surface area contributed by atoms with E-state index in [4.69, 9.17) is 9.47 Å². The standard InChI is InChI=1S/C22H27N3O5S2/c1-31-20-5-3-2-4-18(20)22(26)23-17-6-7-19(24-8-12-29-13-9-24)21(16-17)32(27,28)25-10-14-30-15-11-25/h2-7,16H,8-15H2,1H3,(H,23,26). The van der Waals surface area contributed by atoms with Gasteiger partial charge >= 0.3 is 0 Å². The lowest BCUT2D eigenvalue weighted by atomic mass is 10.2. The normalized spacial score (nSPS) is 17.8. The van der Waals surface area contributed by atoms with E-state index in [0.29, 0.717) is 69.5 Å². The largest absolute Gasteiger partial charge is 0.379 e. The first kappa shape index (κ1) is 23.1. The number of rotatable bonds is 6. The average molecular weight is 478 g/mol. The van der Waals surface area contributed by atoms with Gasteiger partial charge in [0, 0.05) is 36.8 Å². The summed E-state index contributed by atoms with van der Waals surface area (Å²) in [6, 6.07) is 12.4. The van der Waals surface area contributed by atoms with Gasteiger partial charge in [-0.3, -0.25) is 4.79 Å². The molecule has 0 unspecified atom stereocenters. The molecule has 0 spiro atoms. The van der Waals surface area contributed by atoms with Crippen LogP contribution in [0.3, 0.4) is 0 Å². The van der Waals surface area contributed by atoms with Gasteiger partial charge in [-0.15, -0.1) is 11.8 Å². The molecular formula is C22H27N3O5S2. The number of carbonyl (C=O) groups excluding carboxylic acids is 1. The van der Waals surface area contributed by atoms with E-state index in [9.17, 15) is 13.2 Å². The van der Waals surface area contributed by atoms with Crippen LogP contribution >= 0.6 is 11.8 Å². The molecule has 0 saturated carbocycles. The highest BCUT2D eigenvalue weighted by atomic mass is 32.2. The Morgan fingerprint density at radius 1 is 0.969 bits per heavy atom. The molecule has 10 heteroatoms. The number of hydrogen-bond donors (Lipinski definition) is 1. The van der Waals surface area contributed by atoms with Crippen LogP contribution in [0.4, 0.5) is 11.4 Å². The second-order valence-corrected chi connectivity index (χ2v) is 10.2. The maximum Gasteiger partial charge on any atom is 0.256 e. The van der Waals surface area contributed by atoms with Crippen LogP contribution in [-0.4, -0.2) is 77.5 Å². The fraction of sp³-hybridized carbons (Fsp3) is 0.409. The molecular weight excluding hydrogens is 450 g/mol. The highest BCUT2D eigenvalue weighted by molar-refractivity contribution is 7.98. The van der Waals surface area contributed by atoms with Gasteiger partial charge in [0.1, 0.15) is 4.90 Å². The van der Waals surface area contributed by atoms with Crippen molar-refractivity contribution in [2.24, 2.45) is 0 Å². The first-order valence-corrected chi connectivity index (χ1v) is 13.2. The molecule has 1 N–H and O–H groups in total. The first-order chi connectivity index (χ1) is 15.5. The molecule has 32 heavy (non-hydrogen) atoms. The minimum atomic E-state index is -3.76. The monoisotopic (exact) mass is 477 g/mol. The van der Waals surface area contributed by atoms with Crippen molar-refractivity contribution in [2.75, 3.05) is 69.1 Å². The lowest BCUT2D eigenvalue weighted by molar-refractivity contribution is 0.0730. The van der Waals surface area contributed by atoms with E-state index in [1.165, 1.54) is 16.1 Å². The molecule has 172 valence electrons. The zero-order valence-corrected chi connectivity index (χ0v) is 19.6. The molecule has 0 bridgehead atoms. The first-order valence-electron chi connectivity index (χ1n) is 10.5. The molecule has 2 saturated heterocycles. The van der Waals surface area contributed by atoms with Gasteiger partial charge < -0.3 is 19.7 Å². The van der Waals surface area contributed by atoms with E-state index in [0.717, 1.165) is 4.90 Å². The lowest BCUT2D eigenvalue weighted by Gasteiger charge is -2.33. The molecule has 8 nitrogen and oxygen atoms in total. The number of nitrogens with zero attached hydrogens (tertiary/aromatic N) is 2. The predicted molar refractivity (Wildman–Crippen MR) is 125 cm³/mol. The van der Waals surface area contributed by atoms with Crippen LogP contribution < -0.4 is 10.2 Å². The second kappa shape index (κ2) is 10.2. The van der Waals surface area contributed by atoms with Gasteiger partial charge in [0.15, 0.2) is 0 Å². The van der Waals surface area contributed by atoms with Crippen molar-refractivity contribution >= 4 is 39.1 Å². The maximum atomic E-state index is 13.6. The van der Waals surface area contributed by atoms with Crippen molar-refractivity contribution in [1.29, 1.82) is 0 Å². The number of sulfonamides is 1. The summed E-state index contributed by atoms with van der Waals surface area (Å²) in [7, 11) is -3.76. The topological polar surface area (TPSA) is 88.2 Å². The molecule has 2 aromatic carbocycles. The van der Waals surface area contributed by atoms with Gasteiger partial charge in [-0.1, -0.05) is 12.1 Å². The smallest absolute Gasteiger partial charge is 0.256 e. The van der Waals surface area contributed by atoms with E-state index in [1.807, 2.05) is 29.4 Å². The number of hydrogen-bond acceptors (Lipinski definition) is 7. The Kier molecular flexibility index (Phi) is 7.37. The number of morpholine rings is 2. The molecule has 0 aliphatic carbocycles. The van der Waals surface area contributed by atoms with Crippen LogP contribution in [0, 0.1) is 0 Å². The Labute approximate surface area is 192 Å². The Morgan fingerprint density at radius 3 is 2.31 bits per heavy atom. The SMILES string of the molecule is CSc1ccccc1C(=O)Nc1ccc(N2CCOCC2)c(S(=O)(=O)N2CCOCC2)c1. The summed E-state index contributed by atoms with van der Waals surface area (Å²) in [5.41, 5.74) is 1.62. The summed E-state index contributed by atoms with van der Waals surface area (Å²) in [5.74, 6) is -0.274. The van der Waals surface area contributed by atoms with Gasteiger partial charge in [0.2, 0.25) is 10.0 Å². The van der Waals surface area contributed by atoms with E-state index >= 15 is 0 Å². The molecule has 0 radical (unpaired) electrons. The number of ether oxygens (including phenoxy) is 2. The quantitative estimate of drug-likeness (QED) is 0.640. The molecule has 0 atom stereocenters. The van der Waals surface area contributed by atoms with Gasteiger partial charge in [-0.05, 0) is 36.6 Å². The van der Waals surface area contributed by atoms with Crippen LogP contribution in [0.15, 0.2) is 52.3 Å². The predicted octanol–water partition coefficient (Wildman–Crippen LogP) is 2.52. The second-order valence-electron chi connectivity index (χ2n) is 7.45. The third-order valence-electron chi connectivity index (χ3n) is 5.51. The number of amides is 1. The average Bonchev–Trinajstić information content (AvgIpc) is 2.85. The number of thioether (sulfide) groups is 1. The lowest BCUT2D eigenvalue weighted by Crippen LogP contribution is -2.42. The molecule has 2 aliphatic heterocycles. The maximum absolute atomic E-state index is 13.6. The zero-order valence-electron chi connectivity index (χ0n) is 18.0. The van der Waals surface area contributed by atoms with Crippen LogP contribution in [0.1, 0.15) is 10.4 Å². The Hall–Kier alpha value is -2.11. The Morgan fingerprint density at radius 2 is 1.62 bits per heavy atom. The van der Waals surface area contributed by atoms with Crippen molar-refractivity contribution in [3.05, 3.63) is 48.0 Å². The minimum Gasteiger partial charge on any atom is -0.379 e. The van der Waals surface area contributed by atoms with Gasteiger partial charge in [0.25, 0.3) is 5.91 Å². The highest BCUT2D eigenvalue weighted by Gasteiger charge is 2.31. The molecule has 4 rings (SSSR count). The van der Waals surface area contributed by atoms with Crippen molar-refractivity contribution in [1.82, 2.24) is 4.31 Å². The minimum absolute atomic E-state index is 0.192. The van der Waals surface area contributed by atoms with Gasteiger partial charge in [-0.25, -0.2) is 8.42 Å². The summed E-state index contributed by atoms with van der Waals surface area (Å²) in [4.78, 5) is 16.0. The molecule has 1 amide bonds. The van der Waals surface area contributed by atoms with E-state index in [-0.39, 0.29) is 10.8 Å². The zero-order chi connectivity index (χ0) is 22.6. The number of anilines is 2. The highest BCUT2D eigenvalue weighted by Crippen LogP contribution is 2.32. The van der Waals surface area contributed by atoms with Crippen molar-refractivity contribution < 1.29 is 22.7 Å². The number of carbonyl (C=O) groups is 1. The van der Waals surface area contributed by atoms with Crippen molar-refractivity contribution in [3.8, 4) is 0 Å². The fourth-order valence-electron chi connectivity index (χ4n) is 3.82. The third-order valence-corrected chi connectivity index (χ3v) is 8.23. The van der Waals surface area contributed by atoms with Crippen LogP contribution in [0.2, 0.25) is 0 Å². The third kappa shape index (κ3) is 4.94. The van der Waals surface area contributed by atoms with E-state index < -0.39 is 10.0 Å². The summed E-state index contributed by atoms with van der Waals surface area (Å²) in [6.45, 7) is 3.66. The van der Waals surface area contributed by atoms with Crippen LogP contribution in [0.5, 0.6) is 0 Å². The fourth-order valence-corrected chi connectivity index (χ4v) is 6.06. The number of nitrogens with one attached hydrogen (secondary N) is 1. The molecule has 2 aromatic rings. The van der Waals surface area contributed by atoms with Gasteiger partial charge in [-0.2, -0.15) is 4.31 Å². The summed E-state index contributed by atoms with van der Waals surface area (Å²) in [6.07, 6.45) is 1.91. The van der Waals surface area contributed by atoms with Crippen LogP contribution in [-0.2, 0) is 19.5 Å². The Bertz CT molecular complexity index is 1060. The summed E-state index contributed by atoms with van der Waals surface area (Å²) >= 11 is 1.49. The van der Waals surface area contributed by atoms with E-state index in [2.05, 4.69) is 5.32 Å². The molecule has 2 heterocycles. The van der Waals surface area contributed by atoms with Crippen molar-refractivity contribution in [3.63, 3.8) is 0 Å². The molecule has 2 aliphatic rings. The number of benzene rings is 2. The summed E-state index contributed by atoms with van der Waals surface area (Å²) < 4.78 is 39.3. The van der Waals surface area contributed by atoms with Crippen LogP contribution in [0.25, 0.3) is 0 Å². The Balaban J connectivity index is 1.69. The van der Waals surface area contributed by atoms with Crippen molar-refractivity contribution in [2.45, 2.75) is 9.79 Å². The van der Waals surface area contributed by atoms with Gasteiger partial charge in [0.05, 0.1) is 37.7 Å². The molecule has 0 aromatic heterocycles. The summed E-state index contributed by atoms with van der Waals surface area (Å²) in [5, 5.41) is 2.88. The van der Waals surface area contributed by atoms with E-state index in [1.54, 1.807) is 24.3 Å².